The van der Waals surface area contributed by atoms with Gasteiger partial charge in [-0.3, -0.25) is 4.79 Å². The second kappa shape index (κ2) is 7.29. The molecule has 1 atom stereocenters. The number of amides is 1. The fraction of sp³-hybridized carbons (Fsp3) is 0.316. The largest absolute Gasteiger partial charge is 0.371 e. The van der Waals surface area contributed by atoms with Crippen molar-refractivity contribution in [2.75, 3.05) is 23.3 Å². The molecule has 0 unspecified atom stereocenters. The van der Waals surface area contributed by atoms with Crippen molar-refractivity contribution in [2.24, 2.45) is 11.7 Å². The quantitative estimate of drug-likeness (QED) is 0.724. The van der Waals surface area contributed by atoms with Gasteiger partial charge < -0.3 is 16.0 Å². The first-order valence-electron chi connectivity index (χ1n) is 8.76. The summed E-state index contributed by atoms with van der Waals surface area (Å²) in [7, 11) is 0. The number of rotatable bonds is 5. The minimum atomic E-state index is -0.194. The molecule has 0 saturated carbocycles. The fourth-order valence-electron chi connectivity index (χ4n) is 3.39. The molecule has 1 aliphatic rings. The van der Waals surface area contributed by atoms with Crippen molar-refractivity contribution in [1.29, 1.82) is 0 Å². The first-order valence-corrected chi connectivity index (χ1v) is 9.64. The average molecular weight is 367 g/mol. The predicted molar refractivity (Wildman–Crippen MR) is 105 cm³/mol. The Morgan fingerprint density at radius 2 is 2.12 bits per heavy atom. The number of primary amides is 1. The van der Waals surface area contributed by atoms with Crippen LogP contribution in [0.4, 0.5) is 11.5 Å². The zero-order valence-corrected chi connectivity index (χ0v) is 15.2. The van der Waals surface area contributed by atoms with Crippen LogP contribution in [0.1, 0.15) is 18.4 Å². The Morgan fingerprint density at radius 3 is 2.92 bits per heavy atom. The molecule has 6 nitrogen and oxygen atoms in total. The van der Waals surface area contributed by atoms with Gasteiger partial charge in [0.2, 0.25) is 5.91 Å². The molecule has 1 saturated heterocycles. The topological polar surface area (TPSA) is 84.1 Å². The molecule has 3 aromatic rings. The third-order valence-electron chi connectivity index (χ3n) is 4.85. The van der Waals surface area contributed by atoms with Crippen LogP contribution in [-0.4, -0.2) is 29.0 Å². The van der Waals surface area contributed by atoms with Gasteiger partial charge in [0.05, 0.1) is 11.3 Å². The minimum absolute atomic E-state index is 0.0455. The maximum atomic E-state index is 11.5. The van der Waals surface area contributed by atoms with E-state index in [1.165, 1.54) is 5.56 Å². The van der Waals surface area contributed by atoms with Gasteiger partial charge in [0.25, 0.3) is 0 Å². The van der Waals surface area contributed by atoms with E-state index in [9.17, 15) is 4.79 Å². The summed E-state index contributed by atoms with van der Waals surface area (Å²) in [6, 6.07) is 10.5. The third kappa shape index (κ3) is 3.48. The van der Waals surface area contributed by atoms with E-state index in [1.54, 1.807) is 17.7 Å². The molecular weight excluding hydrogens is 346 g/mol. The normalized spacial score (nSPS) is 17.4. The van der Waals surface area contributed by atoms with E-state index in [2.05, 4.69) is 44.5 Å². The van der Waals surface area contributed by atoms with Crippen molar-refractivity contribution in [3.8, 4) is 0 Å². The molecule has 1 aromatic carbocycles. The Bertz CT molecular complexity index is 908. The Balaban J connectivity index is 1.41. The number of nitrogens with two attached hydrogens (primary N) is 1. The molecule has 7 heteroatoms. The van der Waals surface area contributed by atoms with Gasteiger partial charge in [-0.05, 0) is 42.0 Å². The zero-order chi connectivity index (χ0) is 17.9. The number of anilines is 2. The Labute approximate surface area is 156 Å². The van der Waals surface area contributed by atoms with Crippen molar-refractivity contribution in [3.05, 3.63) is 47.6 Å². The lowest BCUT2D eigenvalue weighted by Crippen LogP contribution is -2.41. The Hall–Kier alpha value is -2.67. The monoisotopic (exact) mass is 367 g/mol. The molecular formula is C19H21N5OS. The first kappa shape index (κ1) is 16.8. The van der Waals surface area contributed by atoms with E-state index in [-0.39, 0.29) is 11.8 Å². The number of fused-ring (bicyclic) bond motifs is 1. The van der Waals surface area contributed by atoms with E-state index in [1.807, 2.05) is 11.4 Å². The highest BCUT2D eigenvalue weighted by molar-refractivity contribution is 7.16. The number of nitrogens with one attached hydrogen (secondary N) is 1. The molecule has 0 radical (unpaired) electrons. The maximum Gasteiger partial charge on any atom is 0.222 e. The zero-order valence-electron chi connectivity index (χ0n) is 14.4. The van der Waals surface area contributed by atoms with Gasteiger partial charge in [-0.2, -0.15) is 0 Å². The average Bonchev–Trinajstić information content (AvgIpc) is 3.16. The van der Waals surface area contributed by atoms with E-state index in [0.717, 1.165) is 41.1 Å². The summed E-state index contributed by atoms with van der Waals surface area (Å²) in [5, 5.41) is 6.47. The number of hydrogen-bond donors (Lipinski definition) is 2. The summed E-state index contributed by atoms with van der Waals surface area (Å²) in [6.07, 6.45) is 3.49. The number of nitrogens with zero attached hydrogens (tertiary/aromatic N) is 3. The summed E-state index contributed by atoms with van der Waals surface area (Å²) >= 11 is 1.61. The third-order valence-corrected chi connectivity index (χ3v) is 5.67. The molecule has 1 amide bonds. The highest BCUT2D eigenvalue weighted by Crippen LogP contribution is 2.25. The number of carbonyl (C=O) groups is 1. The highest BCUT2D eigenvalue weighted by atomic mass is 32.1. The lowest BCUT2D eigenvalue weighted by molar-refractivity contribution is -0.122. The summed E-state index contributed by atoms with van der Waals surface area (Å²) < 4.78 is 0. The molecule has 4 rings (SSSR count). The molecule has 0 bridgehead atoms. The molecule has 26 heavy (non-hydrogen) atoms. The van der Waals surface area contributed by atoms with Crippen molar-refractivity contribution in [1.82, 2.24) is 9.97 Å². The van der Waals surface area contributed by atoms with Crippen molar-refractivity contribution >= 4 is 39.0 Å². The molecule has 3 heterocycles. The first-order chi connectivity index (χ1) is 12.7. The van der Waals surface area contributed by atoms with Crippen molar-refractivity contribution in [3.63, 3.8) is 0 Å². The Kier molecular flexibility index (Phi) is 4.71. The summed E-state index contributed by atoms with van der Waals surface area (Å²) in [5.41, 5.74) is 7.80. The molecule has 134 valence electrons. The molecule has 3 N–H and O–H groups in total. The number of carbonyl (C=O) groups excluding carboxylic acids is 1. The second-order valence-electron chi connectivity index (χ2n) is 6.57. The van der Waals surface area contributed by atoms with Gasteiger partial charge in [-0.25, -0.2) is 9.97 Å². The van der Waals surface area contributed by atoms with Crippen LogP contribution in [0.3, 0.4) is 0 Å². The van der Waals surface area contributed by atoms with Crippen LogP contribution in [0, 0.1) is 5.92 Å². The number of thiophene rings is 1. The van der Waals surface area contributed by atoms with E-state index >= 15 is 0 Å². The number of piperidine rings is 1. The fourth-order valence-corrected chi connectivity index (χ4v) is 4.12. The molecule has 1 fully saturated rings. The number of aromatic nitrogens is 2. The molecule has 1 aliphatic heterocycles. The van der Waals surface area contributed by atoms with E-state index in [0.29, 0.717) is 13.1 Å². The minimum Gasteiger partial charge on any atom is -0.371 e. The number of hydrogen-bond acceptors (Lipinski definition) is 6. The van der Waals surface area contributed by atoms with Crippen LogP contribution in [0.2, 0.25) is 0 Å². The lowest BCUT2D eigenvalue weighted by Gasteiger charge is -2.33. The van der Waals surface area contributed by atoms with Crippen LogP contribution in [0.25, 0.3) is 10.2 Å². The lowest BCUT2D eigenvalue weighted by atomic mass is 9.97. The standard InChI is InChI=1S/C19H21N5OS/c20-17(25)14-2-1-8-24(11-14)15-5-3-13(4-6-15)10-21-18-16-7-9-26-19(16)23-12-22-18/h3-7,9,12,14H,1-2,8,10-11H2,(H2,20,25)(H,21,22,23)/t14-/m0/s1. The summed E-state index contributed by atoms with van der Waals surface area (Å²) in [6.45, 7) is 2.38. The SMILES string of the molecule is NC(=O)[C@H]1CCCN(c2ccc(CNc3ncnc4sccc34)cc2)C1. The van der Waals surface area contributed by atoms with Crippen LogP contribution in [0.15, 0.2) is 42.0 Å². The smallest absolute Gasteiger partial charge is 0.222 e. The van der Waals surface area contributed by atoms with Gasteiger partial charge in [0.1, 0.15) is 17.0 Å². The van der Waals surface area contributed by atoms with Crippen LogP contribution in [-0.2, 0) is 11.3 Å². The summed E-state index contributed by atoms with van der Waals surface area (Å²) in [5.74, 6) is 0.622. The van der Waals surface area contributed by atoms with Crippen molar-refractivity contribution in [2.45, 2.75) is 19.4 Å². The van der Waals surface area contributed by atoms with Gasteiger partial charge in [0.15, 0.2) is 0 Å². The van der Waals surface area contributed by atoms with Gasteiger partial charge in [-0.15, -0.1) is 11.3 Å². The van der Waals surface area contributed by atoms with E-state index in [4.69, 9.17) is 5.73 Å². The van der Waals surface area contributed by atoms with Crippen LogP contribution >= 0.6 is 11.3 Å². The van der Waals surface area contributed by atoms with E-state index < -0.39 is 0 Å². The maximum absolute atomic E-state index is 11.5. The van der Waals surface area contributed by atoms with Gasteiger partial charge in [0, 0.05) is 25.3 Å². The second-order valence-corrected chi connectivity index (χ2v) is 7.46. The predicted octanol–water partition coefficient (Wildman–Crippen LogP) is 3.01. The van der Waals surface area contributed by atoms with Crippen molar-refractivity contribution < 1.29 is 4.79 Å². The highest BCUT2D eigenvalue weighted by Gasteiger charge is 2.23. The molecule has 0 spiro atoms. The van der Waals surface area contributed by atoms with Crippen LogP contribution < -0.4 is 16.0 Å². The summed E-state index contributed by atoms with van der Waals surface area (Å²) in [4.78, 5) is 23.3. The Morgan fingerprint density at radius 1 is 1.27 bits per heavy atom. The van der Waals surface area contributed by atoms with Gasteiger partial charge >= 0.3 is 0 Å². The van der Waals surface area contributed by atoms with Crippen LogP contribution in [0.5, 0.6) is 0 Å². The van der Waals surface area contributed by atoms with Gasteiger partial charge in [-0.1, -0.05) is 12.1 Å². The number of benzene rings is 1. The molecule has 2 aromatic heterocycles. The molecule has 0 aliphatic carbocycles.